The first-order valence-electron chi connectivity index (χ1n) is 7.15. The van der Waals surface area contributed by atoms with Crippen molar-refractivity contribution in [2.45, 2.75) is 20.4 Å². The number of aromatic nitrogens is 1. The van der Waals surface area contributed by atoms with E-state index in [9.17, 15) is 4.79 Å². The van der Waals surface area contributed by atoms with E-state index in [4.69, 9.17) is 4.74 Å². The van der Waals surface area contributed by atoms with Crippen molar-refractivity contribution in [3.8, 4) is 5.75 Å². The molecule has 0 aliphatic carbocycles. The topological polar surface area (TPSA) is 30.2 Å². The van der Waals surface area contributed by atoms with Crippen molar-refractivity contribution < 1.29 is 31.1 Å². The third kappa shape index (κ3) is 3.31. The van der Waals surface area contributed by atoms with Gasteiger partial charge < -0.3 is 21.7 Å². The number of methoxy groups -OCH3 is 1. The molecule has 3 aromatic rings. The molecule has 0 fully saturated rings. The van der Waals surface area contributed by atoms with Gasteiger partial charge in [-0.3, -0.25) is 4.79 Å². The van der Waals surface area contributed by atoms with Gasteiger partial charge in [0, 0.05) is 12.3 Å². The summed E-state index contributed by atoms with van der Waals surface area (Å²) in [6.45, 7) is 4.44. The zero-order valence-electron chi connectivity index (χ0n) is 13.3. The van der Waals surface area contributed by atoms with E-state index < -0.39 is 0 Å². The lowest BCUT2D eigenvalue weighted by atomic mass is 10.0. The summed E-state index contributed by atoms with van der Waals surface area (Å²) in [6.07, 6.45) is 0. The van der Waals surface area contributed by atoms with Crippen molar-refractivity contribution >= 4 is 27.9 Å². The lowest BCUT2D eigenvalue weighted by molar-refractivity contribution is -0.684. The normalized spacial score (nSPS) is 10.4. The fourth-order valence-corrected chi connectivity index (χ4v) is 3.39. The maximum absolute atomic E-state index is 12.7. The van der Waals surface area contributed by atoms with E-state index in [1.54, 1.807) is 18.4 Å². The molecule has 0 saturated carbocycles. The number of carbonyl (C=O) groups is 1. The zero-order valence-corrected chi connectivity index (χ0v) is 15.7. The monoisotopic (exact) mass is 391 g/mol. The number of benzene rings is 2. The van der Waals surface area contributed by atoms with Crippen LogP contribution in [0.15, 0.2) is 41.9 Å². The molecule has 1 aromatic heterocycles. The fraction of sp³-hybridized carbons (Fsp3) is 0.222. The number of ether oxygens (including phenoxy) is 1. The van der Waals surface area contributed by atoms with E-state index in [1.807, 2.05) is 53.4 Å². The Hall–Kier alpha value is -1.72. The van der Waals surface area contributed by atoms with Crippen LogP contribution < -0.4 is 26.3 Å². The third-order valence-corrected chi connectivity index (χ3v) is 5.00. The van der Waals surface area contributed by atoms with Gasteiger partial charge in [0.1, 0.15) is 5.75 Å². The van der Waals surface area contributed by atoms with Crippen LogP contribution in [0.3, 0.4) is 0 Å². The van der Waals surface area contributed by atoms with Crippen LogP contribution in [0.1, 0.15) is 20.9 Å². The number of rotatable bonds is 4. The van der Waals surface area contributed by atoms with Gasteiger partial charge in [-0.05, 0) is 18.4 Å². The Morgan fingerprint density at radius 1 is 1.17 bits per heavy atom. The maximum Gasteiger partial charge on any atom is 0.231 e. The highest BCUT2D eigenvalue weighted by atomic mass is 79.9. The quantitative estimate of drug-likeness (QED) is 0.484. The molecule has 0 atom stereocenters. The minimum absolute atomic E-state index is 0. The highest BCUT2D eigenvalue weighted by molar-refractivity contribution is 7.09. The molecule has 5 heteroatoms. The summed E-state index contributed by atoms with van der Waals surface area (Å²) < 4.78 is 7.52. The van der Waals surface area contributed by atoms with Crippen molar-refractivity contribution in [3.63, 3.8) is 0 Å². The Morgan fingerprint density at radius 3 is 2.57 bits per heavy atom. The summed E-state index contributed by atoms with van der Waals surface area (Å²) in [5.41, 5.74) is 3.77. The first kappa shape index (κ1) is 17.6. The lowest BCUT2D eigenvalue weighted by Crippen LogP contribution is -3.00. The molecular formula is C18H18BrNO2S. The molecular weight excluding hydrogens is 374 g/mol. The molecule has 0 saturated heterocycles. The largest absolute Gasteiger partial charge is 1.00 e. The molecule has 0 bridgehead atoms. The van der Waals surface area contributed by atoms with Crippen LogP contribution >= 0.6 is 11.3 Å². The molecule has 0 spiro atoms. The van der Waals surface area contributed by atoms with E-state index in [0.29, 0.717) is 17.9 Å². The Labute approximate surface area is 150 Å². The van der Waals surface area contributed by atoms with Crippen molar-refractivity contribution in [2.24, 2.45) is 0 Å². The van der Waals surface area contributed by atoms with Gasteiger partial charge in [0.2, 0.25) is 17.8 Å². The standard InChI is InChI=1S/C18H18NO2S.BrH/c1-12-13(2)22-11-19(12)10-17(20)16-9-8-14-6-4-5-7-15(14)18(16)21-3;/h4-9,11H,10H2,1-3H3;1H/q+1;/p-1. The summed E-state index contributed by atoms with van der Waals surface area (Å²) in [6, 6.07) is 11.8. The van der Waals surface area contributed by atoms with Gasteiger partial charge in [-0.25, -0.2) is 0 Å². The second kappa shape index (κ2) is 7.23. The number of halogens is 1. The summed E-state index contributed by atoms with van der Waals surface area (Å²) in [5.74, 6) is 0.724. The van der Waals surface area contributed by atoms with E-state index in [2.05, 4.69) is 6.92 Å². The lowest BCUT2D eigenvalue weighted by Gasteiger charge is -2.10. The van der Waals surface area contributed by atoms with Gasteiger partial charge in [0.05, 0.1) is 17.6 Å². The van der Waals surface area contributed by atoms with Crippen LogP contribution in [0.4, 0.5) is 0 Å². The Kier molecular flexibility index (Phi) is 5.55. The average molecular weight is 392 g/mol. The van der Waals surface area contributed by atoms with Crippen LogP contribution in [-0.4, -0.2) is 12.9 Å². The second-order valence-electron chi connectivity index (χ2n) is 5.28. The number of ketones is 1. The predicted octanol–water partition coefficient (Wildman–Crippen LogP) is 0.701. The molecule has 120 valence electrons. The average Bonchev–Trinajstić information content (AvgIpc) is 2.85. The number of nitrogens with zero attached hydrogens (tertiary/aromatic N) is 1. The zero-order chi connectivity index (χ0) is 15.7. The van der Waals surface area contributed by atoms with E-state index in [0.717, 1.165) is 16.5 Å². The Morgan fingerprint density at radius 2 is 1.91 bits per heavy atom. The Bertz CT molecular complexity index is 857. The van der Waals surface area contributed by atoms with Crippen LogP contribution in [0.25, 0.3) is 10.8 Å². The number of hydrogen-bond donors (Lipinski definition) is 0. The second-order valence-corrected chi connectivity index (χ2v) is 6.34. The minimum Gasteiger partial charge on any atom is -1.00 e. The highest BCUT2D eigenvalue weighted by Gasteiger charge is 2.21. The number of aryl methyl sites for hydroxylation is 1. The molecule has 3 nitrogen and oxygen atoms in total. The summed E-state index contributed by atoms with van der Waals surface area (Å²) in [7, 11) is 1.62. The van der Waals surface area contributed by atoms with Crippen LogP contribution in [0.2, 0.25) is 0 Å². The minimum atomic E-state index is 0. The van der Waals surface area contributed by atoms with Gasteiger partial charge in [0.25, 0.3) is 0 Å². The first-order valence-corrected chi connectivity index (χ1v) is 8.03. The maximum atomic E-state index is 12.7. The number of carbonyl (C=O) groups excluding carboxylic acids is 1. The molecule has 1 heterocycles. The molecule has 0 aliphatic heterocycles. The first-order chi connectivity index (χ1) is 10.6. The predicted molar refractivity (Wildman–Crippen MR) is 88.8 cm³/mol. The van der Waals surface area contributed by atoms with Crippen LogP contribution in [0.5, 0.6) is 5.75 Å². The molecule has 0 N–H and O–H groups in total. The number of thiazole rings is 1. The number of Topliss-reactive ketones (excluding diaryl/α,β-unsaturated/α-hetero) is 1. The molecule has 23 heavy (non-hydrogen) atoms. The molecule has 0 radical (unpaired) electrons. The van der Waals surface area contributed by atoms with Crippen molar-refractivity contribution in [1.29, 1.82) is 0 Å². The van der Waals surface area contributed by atoms with Crippen molar-refractivity contribution in [1.82, 2.24) is 0 Å². The van der Waals surface area contributed by atoms with Gasteiger partial charge in [-0.1, -0.05) is 41.7 Å². The van der Waals surface area contributed by atoms with Gasteiger partial charge in [-0.2, -0.15) is 4.57 Å². The van der Waals surface area contributed by atoms with E-state index in [1.165, 1.54) is 4.88 Å². The number of hydrogen-bond acceptors (Lipinski definition) is 3. The molecule has 0 amide bonds. The van der Waals surface area contributed by atoms with Crippen molar-refractivity contribution in [2.75, 3.05) is 7.11 Å². The van der Waals surface area contributed by atoms with Gasteiger partial charge in [0.15, 0.2) is 5.69 Å². The van der Waals surface area contributed by atoms with Crippen LogP contribution in [0, 0.1) is 13.8 Å². The molecule has 0 unspecified atom stereocenters. The van der Waals surface area contributed by atoms with Crippen LogP contribution in [-0.2, 0) is 6.54 Å². The van der Waals surface area contributed by atoms with E-state index in [-0.39, 0.29) is 22.8 Å². The summed E-state index contributed by atoms with van der Waals surface area (Å²) in [5, 5.41) is 2.05. The molecule has 0 aliphatic rings. The SMILES string of the molecule is COc1c(C(=O)C[n+]2csc(C)c2C)ccc2ccccc12.[Br-]. The third-order valence-electron chi connectivity index (χ3n) is 4.00. The Balaban J connectivity index is 0.00000192. The van der Waals surface area contributed by atoms with E-state index >= 15 is 0 Å². The molecule has 2 aromatic carbocycles. The van der Waals surface area contributed by atoms with Gasteiger partial charge in [-0.15, -0.1) is 0 Å². The smallest absolute Gasteiger partial charge is 0.231 e. The summed E-state index contributed by atoms with van der Waals surface area (Å²) >= 11 is 1.66. The van der Waals surface area contributed by atoms with Gasteiger partial charge >= 0.3 is 0 Å². The van der Waals surface area contributed by atoms with Crippen molar-refractivity contribution in [3.05, 3.63) is 58.0 Å². The fourth-order valence-electron chi connectivity index (χ4n) is 2.59. The highest BCUT2D eigenvalue weighted by Crippen LogP contribution is 2.30. The number of fused-ring (bicyclic) bond motifs is 1. The summed E-state index contributed by atoms with van der Waals surface area (Å²) in [4.78, 5) is 13.9. The molecule has 3 rings (SSSR count).